The van der Waals surface area contributed by atoms with Crippen molar-refractivity contribution < 1.29 is 0 Å². The maximum Gasteiger partial charge on any atom is 0.0631 e. The molecule has 8 heteroatoms. The van der Waals surface area contributed by atoms with E-state index in [0.29, 0.717) is 109 Å². The van der Waals surface area contributed by atoms with E-state index in [0.717, 1.165) is 5.92 Å². The van der Waals surface area contributed by atoms with Crippen molar-refractivity contribution in [3.05, 3.63) is 0 Å². The van der Waals surface area contributed by atoms with Gasteiger partial charge in [-0.25, -0.2) is 0 Å². The van der Waals surface area contributed by atoms with E-state index in [2.05, 4.69) is 105 Å². The Balaban J connectivity index is 1.12. The maximum absolute atomic E-state index is 4.49. The second kappa shape index (κ2) is 13.7. The van der Waals surface area contributed by atoms with Gasteiger partial charge in [0.1, 0.15) is 0 Å². The van der Waals surface area contributed by atoms with Gasteiger partial charge in [0.2, 0.25) is 0 Å². The fraction of sp³-hybridized carbons (Fsp3) is 1.00. The number of hydrogen-bond acceptors (Lipinski definition) is 8. The van der Waals surface area contributed by atoms with Crippen molar-refractivity contribution in [1.29, 1.82) is 0 Å². The Morgan fingerprint density at radius 2 is 0.577 bits per heavy atom. The van der Waals surface area contributed by atoms with Crippen LogP contribution in [0.5, 0.6) is 0 Å². The Kier molecular flexibility index (Phi) is 9.79. The van der Waals surface area contributed by atoms with Crippen LogP contribution in [0.25, 0.3) is 0 Å². The SMILES string of the molecule is CC(C)(C)C1CC2C3NC4NC(NC5NC(NC6NC(NC(N3)C2C(C(C)(C)C)C1C(C)(C)C)C1CCCCC61)C1CCCCC51)C1CCCCC41. The van der Waals surface area contributed by atoms with E-state index in [1.807, 2.05) is 0 Å². The average molecular weight is 721 g/mol. The van der Waals surface area contributed by atoms with Gasteiger partial charge in [-0.3, -0.25) is 42.5 Å². The van der Waals surface area contributed by atoms with E-state index >= 15 is 0 Å². The summed E-state index contributed by atoms with van der Waals surface area (Å²) in [5.41, 5.74) is 0.709. The highest BCUT2D eigenvalue weighted by Crippen LogP contribution is 2.62. The van der Waals surface area contributed by atoms with E-state index < -0.39 is 0 Å². The standard InChI is InChI=1S/C44H80N8/c1-42(2,3)30-22-29-31(33(44(7,8)9)32(30)43(4,5)6)41-51-39-28-21-15-14-20-27(28)37(49-39)47-35-24-17-11-10-16-23(24)34(45-35)46-36-25-18-12-13-19-26(25)38(48-36)50-40(29)52-41/h23-41,45-52H,10-22H2,1-9H3. The first-order chi connectivity index (χ1) is 24.7. The molecule has 9 rings (SSSR count). The summed E-state index contributed by atoms with van der Waals surface area (Å²) in [6, 6.07) is 0. The maximum atomic E-state index is 4.49. The smallest absolute Gasteiger partial charge is 0.0631 e. The Morgan fingerprint density at radius 3 is 0.846 bits per heavy atom. The zero-order valence-corrected chi connectivity index (χ0v) is 34.7. The summed E-state index contributed by atoms with van der Waals surface area (Å²) in [5, 5.41) is 34.9. The molecule has 0 spiro atoms. The van der Waals surface area contributed by atoms with Crippen LogP contribution in [0.4, 0.5) is 0 Å². The average Bonchev–Trinajstić information content (AvgIpc) is 3.82. The molecule has 0 radical (unpaired) electrons. The molecule has 8 nitrogen and oxygen atoms in total. The van der Waals surface area contributed by atoms with Gasteiger partial charge in [0, 0.05) is 0 Å². The fourth-order valence-electron chi connectivity index (χ4n) is 15.2. The molecule has 5 aliphatic heterocycles. The normalized spacial score (nSPS) is 52.4. The minimum atomic E-state index is 0.205. The Bertz CT molecular complexity index is 1270. The van der Waals surface area contributed by atoms with Gasteiger partial charge in [-0.15, -0.1) is 0 Å². The van der Waals surface area contributed by atoms with Crippen LogP contribution in [0, 0.1) is 81.3 Å². The van der Waals surface area contributed by atoms with Gasteiger partial charge < -0.3 is 0 Å². The van der Waals surface area contributed by atoms with Crippen LogP contribution in [0.1, 0.15) is 146 Å². The van der Waals surface area contributed by atoms with Crippen molar-refractivity contribution in [1.82, 2.24) is 42.5 Å². The molecule has 9 aliphatic rings. The zero-order chi connectivity index (χ0) is 36.3. The van der Waals surface area contributed by atoms with E-state index in [-0.39, 0.29) is 16.2 Å². The fourth-order valence-corrected chi connectivity index (χ4v) is 15.2. The van der Waals surface area contributed by atoms with Crippen LogP contribution in [0.3, 0.4) is 0 Å². The first kappa shape index (κ1) is 37.3. The third kappa shape index (κ3) is 6.49. The molecule has 0 aromatic rings. The quantitative estimate of drug-likeness (QED) is 0.145. The molecule has 4 saturated carbocycles. The summed E-state index contributed by atoms with van der Waals surface area (Å²) in [5.74, 6) is 7.32. The van der Waals surface area contributed by atoms with Crippen molar-refractivity contribution in [3.63, 3.8) is 0 Å². The largest absolute Gasteiger partial charge is 0.286 e. The molecule has 19 unspecified atom stereocenters. The van der Waals surface area contributed by atoms with Crippen LogP contribution in [-0.4, -0.2) is 49.3 Å². The number of rotatable bonds is 0. The van der Waals surface area contributed by atoms with Crippen molar-refractivity contribution >= 4 is 0 Å². The predicted octanol–water partition coefficient (Wildman–Crippen LogP) is 6.42. The Hall–Kier alpha value is -0.320. The first-order valence-corrected chi connectivity index (χ1v) is 22.8. The third-order valence-electron chi connectivity index (χ3n) is 17.2. The van der Waals surface area contributed by atoms with E-state index in [4.69, 9.17) is 0 Å². The van der Waals surface area contributed by atoms with Crippen LogP contribution in [-0.2, 0) is 0 Å². The van der Waals surface area contributed by atoms with Gasteiger partial charge >= 0.3 is 0 Å². The van der Waals surface area contributed by atoms with Crippen LogP contribution >= 0.6 is 0 Å². The minimum Gasteiger partial charge on any atom is -0.286 e. The van der Waals surface area contributed by atoms with Gasteiger partial charge in [-0.1, -0.05) is 101 Å². The topological polar surface area (TPSA) is 96.2 Å². The van der Waals surface area contributed by atoms with E-state index in [1.54, 1.807) is 0 Å². The summed E-state index contributed by atoms with van der Waals surface area (Å²) in [7, 11) is 0. The molecule has 8 bridgehead atoms. The molecular formula is C44H80N8. The molecule has 9 fully saturated rings. The molecule has 0 aromatic carbocycles. The predicted molar refractivity (Wildman–Crippen MR) is 212 cm³/mol. The molecule has 8 N–H and O–H groups in total. The molecule has 0 aromatic heterocycles. The van der Waals surface area contributed by atoms with Gasteiger partial charge in [0.05, 0.1) is 49.3 Å². The monoisotopic (exact) mass is 721 g/mol. The molecule has 0 amide bonds. The van der Waals surface area contributed by atoms with Crippen molar-refractivity contribution in [2.75, 3.05) is 0 Å². The molecule has 5 heterocycles. The second-order valence-corrected chi connectivity index (χ2v) is 23.2. The lowest BCUT2D eigenvalue weighted by molar-refractivity contribution is -0.109. The van der Waals surface area contributed by atoms with Crippen molar-refractivity contribution in [2.24, 2.45) is 81.3 Å². The van der Waals surface area contributed by atoms with Gasteiger partial charge in [0.25, 0.3) is 0 Å². The first-order valence-electron chi connectivity index (χ1n) is 22.8. The molecule has 4 aliphatic carbocycles. The summed E-state index contributed by atoms with van der Waals surface area (Å²) in [6.07, 6.45) is 20.5. The van der Waals surface area contributed by atoms with Crippen LogP contribution in [0.2, 0.25) is 0 Å². The van der Waals surface area contributed by atoms with Gasteiger partial charge in [-0.05, 0) is 126 Å². The van der Waals surface area contributed by atoms with Crippen LogP contribution < -0.4 is 42.5 Å². The lowest BCUT2D eigenvalue weighted by Crippen LogP contribution is -2.62. The molecular weight excluding hydrogens is 641 g/mol. The number of fused-ring (bicyclic) bond motifs is 20. The van der Waals surface area contributed by atoms with Gasteiger partial charge in [-0.2, -0.15) is 0 Å². The van der Waals surface area contributed by atoms with E-state index in [9.17, 15) is 0 Å². The number of nitrogens with one attached hydrogen (secondary N) is 8. The van der Waals surface area contributed by atoms with Crippen molar-refractivity contribution in [2.45, 2.75) is 195 Å². The lowest BCUT2D eigenvalue weighted by Gasteiger charge is -2.59. The zero-order valence-electron chi connectivity index (χ0n) is 34.7. The highest BCUT2D eigenvalue weighted by molar-refractivity contribution is 5.13. The van der Waals surface area contributed by atoms with Crippen molar-refractivity contribution in [3.8, 4) is 0 Å². The summed E-state index contributed by atoms with van der Waals surface area (Å²) < 4.78 is 0. The molecule has 296 valence electrons. The van der Waals surface area contributed by atoms with Crippen LogP contribution in [0.15, 0.2) is 0 Å². The molecule has 19 atom stereocenters. The lowest BCUT2D eigenvalue weighted by atomic mass is 9.46. The third-order valence-corrected chi connectivity index (χ3v) is 17.2. The Labute approximate surface area is 318 Å². The highest BCUT2D eigenvalue weighted by atomic mass is 15.4. The second-order valence-electron chi connectivity index (χ2n) is 23.2. The minimum absolute atomic E-state index is 0.205. The summed E-state index contributed by atoms with van der Waals surface area (Å²) >= 11 is 0. The molecule has 5 saturated heterocycles. The Morgan fingerprint density at radius 1 is 0.308 bits per heavy atom. The summed E-state index contributed by atoms with van der Waals surface area (Å²) in [6.45, 7) is 23.1. The van der Waals surface area contributed by atoms with Gasteiger partial charge in [0.15, 0.2) is 0 Å². The number of hydrogen-bond donors (Lipinski definition) is 8. The van der Waals surface area contributed by atoms with E-state index in [1.165, 1.54) is 83.5 Å². The highest BCUT2D eigenvalue weighted by Gasteiger charge is 2.62. The molecule has 52 heavy (non-hydrogen) atoms. The summed E-state index contributed by atoms with van der Waals surface area (Å²) in [4.78, 5) is 0.